The predicted octanol–water partition coefficient (Wildman–Crippen LogP) is 3.05. The molecule has 126 valence electrons. The lowest BCUT2D eigenvalue weighted by Gasteiger charge is -2.16. The number of aryl methyl sites for hydroxylation is 3. The number of nitrogens with one attached hydrogen (secondary N) is 2. The Morgan fingerprint density at radius 1 is 1.00 bits per heavy atom. The number of carbonyl (C=O) groups is 2. The lowest BCUT2D eigenvalue weighted by molar-refractivity contribution is -0.122. The minimum absolute atomic E-state index is 0.196. The van der Waals surface area contributed by atoms with E-state index in [0.717, 1.165) is 16.7 Å². The average molecular weight is 324 g/mol. The van der Waals surface area contributed by atoms with Gasteiger partial charge in [-0.3, -0.25) is 9.59 Å². The maximum atomic E-state index is 12.2. The highest BCUT2D eigenvalue weighted by molar-refractivity contribution is 5.97. The van der Waals surface area contributed by atoms with Crippen molar-refractivity contribution >= 4 is 11.8 Å². The van der Waals surface area contributed by atoms with Gasteiger partial charge in [0.2, 0.25) is 5.91 Å². The molecule has 0 aromatic heterocycles. The summed E-state index contributed by atoms with van der Waals surface area (Å²) >= 11 is 0. The molecule has 2 aromatic carbocycles. The average Bonchev–Trinajstić information content (AvgIpc) is 2.54. The molecular weight excluding hydrogens is 300 g/mol. The summed E-state index contributed by atoms with van der Waals surface area (Å²) in [4.78, 5) is 24.3. The van der Waals surface area contributed by atoms with Crippen LogP contribution in [0.2, 0.25) is 0 Å². The van der Waals surface area contributed by atoms with Crippen molar-refractivity contribution in [3.63, 3.8) is 0 Å². The molecule has 0 heterocycles. The quantitative estimate of drug-likeness (QED) is 0.888. The molecule has 24 heavy (non-hydrogen) atoms. The first-order chi connectivity index (χ1) is 11.4. The van der Waals surface area contributed by atoms with Gasteiger partial charge in [0, 0.05) is 12.1 Å². The molecule has 0 aliphatic heterocycles. The van der Waals surface area contributed by atoms with E-state index in [0.29, 0.717) is 12.1 Å². The summed E-state index contributed by atoms with van der Waals surface area (Å²) in [6.45, 7) is 8.29. The van der Waals surface area contributed by atoms with Gasteiger partial charge >= 0.3 is 0 Å². The summed E-state index contributed by atoms with van der Waals surface area (Å²) in [6.07, 6.45) is 0. The van der Waals surface area contributed by atoms with Crippen molar-refractivity contribution in [2.75, 3.05) is 0 Å². The van der Waals surface area contributed by atoms with E-state index < -0.39 is 6.04 Å². The van der Waals surface area contributed by atoms with E-state index in [9.17, 15) is 9.59 Å². The SMILES string of the molecule is Cc1cc(C)c(CNC(=O)C(C)NC(=O)c2ccccc2)c(C)c1. The van der Waals surface area contributed by atoms with Crippen LogP contribution in [-0.4, -0.2) is 17.9 Å². The van der Waals surface area contributed by atoms with E-state index >= 15 is 0 Å². The summed E-state index contributed by atoms with van der Waals surface area (Å²) < 4.78 is 0. The Balaban J connectivity index is 1.94. The van der Waals surface area contributed by atoms with Crippen LogP contribution in [0.1, 0.15) is 39.5 Å². The van der Waals surface area contributed by atoms with Gasteiger partial charge in [0.05, 0.1) is 0 Å². The van der Waals surface area contributed by atoms with Crippen LogP contribution in [0.3, 0.4) is 0 Å². The van der Waals surface area contributed by atoms with Crippen molar-refractivity contribution in [1.82, 2.24) is 10.6 Å². The molecule has 1 atom stereocenters. The van der Waals surface area contributed by atoms with Crippen LogP contribution < -0.4 is 10.6 Å². The van der Waals surface area contributed by atoms with Gasteiger partial charge in [0.1, 0.15) is 6.04 Å². The highest BCUT2D eigenvalue weighted by atomic mass is 16.2. The van der Waals surface area contributed by atoms with Gasteiger partial charge in [-0.25, -0.2) is 0 Å². The third-order valence-corrected chi connectivity index (χ3v) is 4.06. The van der Waals surface area contributed by atoms with Crippen molar-refractivity contribution in [2.24, 2.45) is 0 Å². The highest BCUT2D eigenvalue weighted by Gasteiger charge is 2.16. The van der Waals surface area contributed by atoms with E-state index in [4.69, 9.17) is 0 Å². The number of carbonyl (C=O) groups excluding carboxylic acids is 2. The standard InChI is InChI=1S/C20H24N2O2/c1-13-10-14(2)18(15(3)11-13)12-21-19(23)16(4)22-20(24)17-8-6-5-7-9-17/h5-11,16H,12H2,1-4H3,(H,21,23)(H,22,24). The van der Waals surface area contributed by atoms with Crippen molar-refractivity contribution in [1.29, 1.82) is 0 Å². The van der Waals surface area contributed by atoms with Gasteiger partial charge in [-0.15, -0.1) is 0 Å². The Morgan fingerprint density at radius 2 is 1.58 bits per heavy atom. The molecular formula is C20H24N2O2. The minimum atomic E-state index is -0.594. The smallest absolute Gasteiger partial charge is 0.251 e. The Kier molecular flexibility index (Phi) is 5.74. The van der Waals surface area contributed by atoms with E-state index in [1.54, 1.807) is 31.2 Å². The molecule has 1 unspecified atom stereocenters. The first-order valence-corrected chi connectivity index (χ1v) is 8.09. The zero-order chi connectivity index (χ0) is 17.7. The number of benzene rings is 2. The van der Waals surface area contributed by atoms with E-state index in [1.165, 1.54) is 5.56 Å². The van der Waals surface area contributed by atoms with Crippen molar-refractivity contribution in [3.8, 4) is 0 Å². The number of amides is 2. The molecule has 4 nitrogen and oxygen atoms in total. The maximum Gasteiger partial charge on any atom is 0.251 e. The summed E-state index contributed by atoms with van der Waals surface area (Å²) in [5.41, 5.74) is 5.20. The molecule has 0 saturated carbocycles. The molecule has 0 fully saturated rings. The fourth-order valence-electron chi connectivity index (χ4n) is 2.75. The lowest BCUT2D eigenvalue weighted by Crippen LogP contribution is -2.44. The molecule has 0 aliphatic rings. The first kappa shape index (κ1) is 17.7. The topological polar surface area (TPSA) is 58.2 Å². The zero-order valence-electron chi connectivity index (χ0n) is 14.6. The van der Waals surface area contributed by atoms with Gasteiger partial charge in [0.15, 0.2) is 0 Å². The Hall–Kier alpha value is -2.62. The monoisotopic (exact) mass is 324 g/mol. The van der Waals surface area contributed by atoms with E-state index in [2.05, 4.69) is 29.7 Å². The summed E-state index contributed by atoms with van der Waals surface area (Å²) in [7, 11) is 0. The van der Waals surface area contributed by atoms with Crippen molar-refractivity contribution in [3.05, 3.63) is 70.3 Å². The largest absolute Gasteiger partial charge is 0.350 e. The fraction of sp³-hybridized carbons (Fsp3) is 0.300. The third kappa shape index (κ3) is 4.44. The van der Waals surface area contributed by atoms with Crippen LogP contribution in [0.25, 0.3) is 0 Å². The number of hydrogen-bond donors (Lipinski definition) is 2. The fourth-order valence-corrected chi connectivity index (χ4v) is 2.75. The van der Waals surface area contributed by atoms with Crippen molar-refractivity contribution in [2.45, 2.75) is 40.3 Å². The molecule has 0 radical (unpaired) electrons. The van der Waals surface area contributed by atoms with Crippen LogP contribution >= 0.6 is 0 Å². The second-order valence-corrected chi connectivity index (χ2v) is 6.16. The summed E-state index contributed by atoms with van der Waals surface area (Å²) in [6, 6.07) is 12.5. The normalized spacial score (nSPS) is 11.7. The van der Waals surface area contributed by atoms with Crippen LogP contribution in [0.5, 0.6) is 0 Å². The van der Waals surface area contributed by atoms with Gasteiger partial charge in [-0.2, -0.15) is 0 Å². The second-order valence-electron chi connectivity index (χ2n) is 6.16. The molecule has 2 N–H and O–H groups in total. The maximum absolute atomic E-state index is 12.2. The number of rotatable bonds is 5. The first-order valence-electron chi connectivity index (χ1n) is 8.09. The molecule has 4 heteroatoms. The minimum Gasteiger partial charge on any atom is -0.350 e. The van der Waals surface area contributed by atoms with Crippen LogP contribution in [0.4, 0.5) is 0 Å². The third-order valence-electron chi connectivity index (χ3n) is 4.06. The molecule has 2 rings (SSSR count). The Bertz CT molecular complexity index is 716. The van der Waals surface area contributed by atoms with Crippen LogP contribution in [0, 0.1) is 20.8 Å². The van der Waals surface area contributed by atoms with Crippen molar-refractivity contribution < 1.29 is 9.59 Å². The molecule has 0 saturated heterocycles. The second kappa shape index (κ2) is 7.77. The van der Waals surface area contributed by atoms with Crippen LogP contribution in [-0.2, 0) is 11.3 Å². The molecule has 0 spiro atoms. The Morgan fingerprint density at radius 3 is 2.17 bits per heavy atom. The zero-order valence-corrected chi connectivity index (χ0v) is 14.6. The van der Waals surface area contributed by atoms with Gasteiger partial charge < -0.3 is 10.6 Å². The van der Waals surface area contributed by atoms with Gasteiger partial charge in [-0.05, 0) is 56.5 Å². The highest BCUT2D eigenvalue weighted by Crippen LogP contribution is 2.16. The molecule has 2 aromatic rings. The number of hydrogen-bond acceptors (Lipinski definition) is 2. The summed E-state index contributed by atoms with van der Waals surface area (Å²) in [5, 5.41) is 5.62. The van der Waals surface area contributed by atoms with Crippen LogP contribution in [0.15, 0.2) is 42.5 Å². The van der Waals surface area contributed by atoms with Gasteiger partial charge in [-0.1, -0.05) is 35.9 Å². The lowest BCUT2D eigenvalue weighted by atomic mass is 10.00. The van der Waals surface area contributed by atoms with E-state index in [1.807, 2.05) is 19.9 Å². The predicted molar refractivity (Wildman–Crippen MR) is 95.9 cm³/mol. The molecule has 0 bridgehead atoms. The molecule has 2 amide bonds. The van der Waals surface area contributed by atoms with Gasteiger partial charge in [0.25, 0.3) is 5.91 Å². The molecule has 0 aliphatic carbocycles. The van der Waals surface area contributed by atoms with E-state index in [-0.39, 0.29) is 11.8 Å². The summed E-state index contributed by atoms with van der Waals surface area (Å²) in [5.74, 6) is -0.445. The Labute approximate surface area is 143 Å².